The van der Waals surface area contributed by atoms with E-state index in [-0.39, 0.29) is 5.91 Å². The van der Waals surface area contributed by atoms with E-state index < -0.39 is 0 Å². The van der Waals surface area contributed by atoms with E-state index >= 15 is 0 Å². The number of carbonyl (C=O) groups is 1. The largest absolute Gasteiger partial charge is 0.336 e. The fraction of sp³-hybridized carbons (Fsp3) is 0.192. The molecule has 0 radical (unpaired) electrons. The van der Waals surface area contributed by atoms with Gasteiger partial charge < -0.3 is 15.7 Å². The first kappa shape index (κ1) is 22.5. The number of anilines is 1. The van der Waals surface area contributed by atoms with Crippen molar-refractivity contribution < 1.29 is 4.79 Å². The Morgan fingerprint density at radius 2 is 2.03 bits per heavy atom. The quantitative estimate of drug-likeness (QED) is 0.330. The summed E-state index contributed by atoms with van der Waals surface area (Å²) in [4.78, 5) is 38.1. The van der Waals surface area contributed by atoms with Gasteiger partial charge in [-0.1, -0.05) is 6.92 Å². The third-order valence-corrected chi connectivity index (χ3v) is 6.06. The van der Waals surface area contributed by atoms with Crippen LogP contribution in [-0.2, 0) is 11.3 Å². The lowest BCUT2D eigenvalue weighted by Crippen LogP contribution is -2.23. The number of hydrazone groups is 1. The van der Waals surface area contributed by atoms with E-state index in [9.17, 15) is 4.79 Å². The van der Waals surface area contributed by atoms with Gasteiger partial charge in [-0.05, 0) is 31.5 Å². The predicted octanol–water partition coefficient (Wildman–Crippen LogP) is 3.50. The Balaban J connectivity index is 1.38. The molecular formula is C26H24N10O. The Kier molecular flexibility index (Phi) is 5.64. The highest BCUT2D eigenvalue weighted by Crippen LogP contribution is 2.27. The zero-order valence-electron chi connectivity index (χ0n) is 20.4. The summed E-state index contributed by atoms with van der Waals surface area (Å²) in [6, 6.07) is 5.81. The minimum Gasteiger partial charge on any atom is -0.336 e. The van der Waals surface area contributed by atoms with Gasteiger partial charge in [0.1, 0.15) is 17.6 Å². The second kappa shape index (κ2) is 9.26. The SMILES string of the molecule is CCCC(=O)Nc1cncc(-c2cnc3c(c2)C(c2nc4c(-n5cnc(C)c5)nccc4[nH]2)=NNC3)c1. The Labute approximate surface area is 212 Å². The second-order valence-corrected chi connectivity index (χ2v) is 8.81. The number of nitrogens with one attached hydrogen (secondary N) is 3. The fourth-order valence-electron chi connectivity index (χ4n) is 4.31. The molecule has 184 valence electrons. The molecule has 5 aromatic heterocycles. The van der Waals surface area contributed by atoms with Crippen molar-refractivity contribution in [1.29, 1.82) is 0 Å². The number of H-pyrrole nitrogens is 1. The highest BCUT2D eigenvalue weighted by atomic mass is 16.1. The van der Waals surface area contributed by atoms with E-state index in [0.29, 0.717) is 41.5 Å². The van der Waals surface area contributed by atoms with Gasteiger partial charge in [-0.25, -0.2) is 15.0 Å². The Morgan fingerprint density at radius 3 is 2.86 bits per heavy atom. The standard InChI is InChI=1S/C26H24N10O/c1-3-4-22(37)32-18-7-16(9-27-11-18)17-8-19-21(29-10-17)12-31-35-23(19)25-33-20-5-6-28-26(24(20)34-25)36-13-15(2)30-14-36/h5-11,13-14,31H,3-4,12H2,1-2H3,(H,32,37)(H,33,34). The molecule has 37 heavy (non-hydrogen) atoms. The number of amides is 1. The molecule has 0 aliphatic carbocycles. The summed E-state index contributed by atoms with van der Waals surface area (Å²) >= 11 is 0. The highest BCUT2D eigenvalue weighted by molar-refractivity contribution is 6.13. The first-order valence-corrected chi connectivity index (χ1v) is 12.0. The monoisotopic (exact) mass is 492 g/mol. The van der Waals surface area contributed by atoms with E-state index in [0.717, 1.165) is 40.0 Å². The molecule has 6 rings (SSSR count). The average molecular weight is 493 g/mol. The number of aryl methyl sites for hydroxylation is 1. The Morgan fingerprint density at radius 1 is 1.14 bits per heavy atom. The Hall–Kier alpha value is -4.93. The van der Waals surface area contributed by atoms with Gasteiger partial charge in [0.2, 0.25) is 5.91 Å². The van der Waals surface area contributed by atoms with Crippen LogP contribution in [-0.4, -0.2) is 46.1 Å². The van der Waals surface area contributed by atoms with E-state index in [1.165, 1.54) is 0 Å². The van der Waals surface area contributed by atoms with Crippen LogP contribution in [0.2, 0.25) is 0 Å². The molecule has 0 saturated heterocycles. The third kappa shape index (κ3) is 4.31. The molecule has 3 N–H and O–H groups in total. The predicted molar refractivity (Wildman–Crippen MR) is 139 cm³/mol. The molecule has 0 fully saturated rings. The molecule has 5 aromatic rings. The number of carbonyl (C=O) groups excluding carboxylic acids is 1. The molecular weight excluding hydrogens is 468 g/mol. The summed E-state index contributed by atoms with van der Waals surface area (Å²) in [5, 5.41) is 7.48. The molecule has 0 bridgehead atoms. The number of imidazole rings is 2. The zero-order valence-corrected chi connectivity index (χ0v) is 20.4. The second-order valence-electron chi connectivity index (χ2n) is 8.81. The van der Waals surface area contributed by atoms with Crippen LogP contribution in [0.5, 0.6) is 0 Å². The minimum atomic E-state index is -0.0323. The summed E-state index contributed by atoms with van der Waals surface area (Å²) in [5.41, 5.74) is 10.2. The molecule has 0 saturated carbocycles. The first-order chi connectivity index (χ1) is 18.1. The number of aromatic amines is 1. The van der Waals surface area contributed by atoms with Gasteiger partial charge >= 0.3 is 0 Å². The zero-order chi connectivity index (χ0) is 25.4. The minimum absolute atomic E-state index is 0.0323. The average Bonchev–Trinajstić information content (AvgIpc) is 3.54. The number of hydrogen-bond donors (Lipinski definition) is 3. The summed E-state index contributed by atoms with van der Waals surface area (Å²) in [5.74, 6) is 1.26. The van der Waals surface area contributed by atoms with Crippen molar-refractivity contribution in [2.75, 3.05) is 5.32 Å². The normalized spacial score (nSPS) is 12.6. The molecule has 11 nitrogen and oxygen atoms in total. The van der Waals surface area contributed by atoms with Gasteiger partial charge in [0.15, 0.2) is 11.6 Å². The van der Waals surface area contributed by atoms with Crippen molar-refractivity contribution in [2.24, 2.45) is 5.10 Å². The van der Waals surface area contributed by atoms with Crippen molar-refractivity contribution in [1.82, 2.24) is 39.9 Å². The van der Waals surface area contributed by atoms with Crippen LogP contribution in [0.3, 0.4) is 0 Å². The summed E-state index contributed by atoms with van der Waals surface area (Å²) in [6.45, 7) is 4.41. The number of pyridine rings is 3. The number of aromatic nitrogens is 7. The maximum atomic E-state index is 12.0. The van der Waals surface area contributed by atoms with Gasteiger partial charge in [0.05, 0.1) is 35.3 Å². The summed E-state index contributed by atoms with van der Waals surface area (Å²) in [7, 11) is 0. The molecule has 1 aliphatic rings. The van der Waals surface area contributed by atoms with Crippen LogP contribution in [0.1, 0.15) is 42.5 Å². The van der Waals surface area contributed by atoms with Crippen LogP contribution in [0.25, 0.3) is 28.0 Å². The van der Waals surface area contributed by atoms with Crippen molar-refractivity contribution in [2.45, 2.75) is 33.2 Å². The van der Waals surface area contributed by atoms with E-state index in [2.05, 4.69) is 40.8 Å². The first-order valence-electron chi connectivity index (χ1n) is 12.0. The van der Waals surface area contributed by atoms with Crippen molar-refractivity contribution in [3.63, 3.8) is 0 Å². The molecule has 0 aromatic carbocycles. The number of fused-ring (bicyclic) bond motifs is 2. The Bertz CT molecular complexity index is 1670. The van der Waals surface area contributed by atoms with Crippen LogP contribution in [0.4, 0.5) is 5.69 Å². The highest BCUT2D eigenvalue weighted by Gasteiger charge is 2.22. The van der Waals surface area contributed by atoms with Gasteiger partial charge in [0, 0.05) is 47.9 Å². The number of nitrogens with zero attached hydrogens (tertiary/aromatic N) is 7. The molecule has 0 spiro atoms. The number of rotatable bonds is 6. The lowest BCUT2D eigenvalue weighted by molar-refractivity contribution is -0.116. The fourth-order valence-corrected chi connectivity index (χ4v) is 4.31. The lowest BCUT2D eigenvalue weighted by atomic mass is 10.0. The maximum absolute atomic E-state index is 12.0. The number of hydrogen-bond acceptors (Lipinski definition) is 8. The van der Waals surface area contributed by atoms with Crippen molar-refractivity contribution in [3.8, 4) is 16.9 Å². The van der Waals surface area contributed by atoms with Crippen LogP contribution in [0, 0.1) is 6.92 Å². The van der Waals surface area contributed by atoms with E-state index in [1.807, 2.05) is 42.8 Å². The van der Waals surface area contributed by atoms with E-state index in [4.69, 9.17) is 4.98 Å². The van der Waals surface area contributed by atoms with Gasteiger partial charge in [-0.3, -0.25) is 19.3 Å². The van der Waals surface area contributed by atoms with E-state index in [1.54, 1.807) is 31.1 Å². The molecule has 0 unspecified atom stereocenters. The summed E-state index contributed by atoms with van der Waals surface area (Å²) < 4.78 is 1.86. The topological polar surface area (TPSA) is 139 Å². The molecule has 11 heteroatoms. The smallest absolute Gasteiger partial charge is 0.224 e. The van der Waals surface area contributed by atoms with Gasteiger partial charge in [-0.15, -0.1) is 0 Å². The van der Waals surface area contributed by atoms with Gasteiger partial charge in [-0.2, -0.15) is 5.10 Å². The van der Waals surface area contributed by atoms with Gasteiger partial charge in [0.25, 0.3) is 0 Å². The molecule has 0 atom stereocenters. The van der Waals surface area contributed by atoms with Crippen LogP contribution in [0.15, 0.2) is 60.6 Å². The summed E-state index contributed by atoms with van der Waals surface area (Å²) in [6.07, 6.45) is 11.8. The maximum Gasteiger partial charge on any atom is 0.224 e. The third-order valence-electron chi connectivity index (χ3n) is 6.06. The molecule has 6 heterocycles. The molecule has 1 amide bonds. The lowest BCUT2D eigenvalue weighted by Gasteiger charge is -2.17. The van der Waals surface area contributed by atoms with Crippen LogP contribution >= 0.6 is 0 Å². The van der Waals surface area contributed by atoms with Crippen molar-refractivity contribution in [3.05, 3.63) is 78.3 Å². The molecule has 1 aliphatic heterocycles. The van der Waals surface area contributed by atoms with Crippen LogP contribution < -0.4 is 10.7 Å². The van der Waals surface area contributed by atoms with Crippen molar-refractivity contribution >= 4 is 28.3 Å².